The van der Waals surface area contributed by atoms with E-state index in [1.54, 1.807) is 6.20 Å². The molecule has 0 radical (unpaired) electrons. The number of nitrogens with one attached hydrogen (secondary N) is 3. The summed E-state index contributed by atoms with van der Waals surface area (Å²) in [7, 11) is 0. The minimum atomic E-state index is 0.0335. The van der Waals surface area contributed by atoms with Gasteiger partial charge in [-0.2, -0.15) is 5.10 Å². The van der Waals surface area contributed by atoms with Gasteiger partial charge in [0.25, 0.3) is 0 Å². The normalized spacial score (nSPS) is 10.5. The first-order valence-corrected chi connectivity index (χ1v) is 5.94. The Morgan fingerprint density at radius 1 is 1.50 bits per heavy atom. The molecule has 18 heavy (non-hydrogen) atoms. The Morgan fingerprint density at radius 2 is 2.33 bits per heavy atom. The van der Waals surface area contributed by atoms with Crippen molar-refractivity contribution in [2.75, 3.05) is 24.1 Å². The predicted molar refractivity (Wildman–Crippen MR) is 72.3 cm³/mol. The lowest BCUT2D eigenvalue weighted by atomic mass is 10.2. The molecule has 0 unspecified atom stereocenters. The van der Waals surface area contributed by atoms with E-state index in [1.165, 1.54) is 0 Å². The fraction of sp³-hybridized carbons (Fsp3) is 0.333. The number of hydrogen-bond acceptors (Lipinski definition) is 4. The topological polar surface area (TPSA) is 95.8 Å². The van der Waals surface area contributed by atoms with E-state index >= 15 is 0 Å². The maximum atomic E-state index is 11.3. The summed E-state index contributed by atoms with van der Waals surface area (Å²) in [5.41, 5.74) is 8.31. The molecule has 0 aliphatic heterocycles. The summed E-state index contributed by atoms with van der Waals surface area (Å²) in [5.74, 6) is 0.0335. The van der Waals surface area contributed by atoms with E-state index in [-0.39, 0.29) is 5.91 Å². The summed E-state index contributed by atoms with van der Waals surface area (Å²) < 4.78 is 0. The molecule has 0 atom stereocenters. The van der Waals surface area contributed by atoms with E-state index in [9.17, 15) is 4.79 Å². The number of nitrogen functional groups attached to an aromatic ring is 1. The Hall–Kier alpha value is -2.24. The van der Waals surface area contributed by atoms with Crippen molar-refractivity contribution in [3.63, 3.8) is 0 Å². The Kier molecular flexibility index (Phi) is 3.66. The number of aromatic nitrogens is 2. The predicted octanol–water partition coefficient (Wildman–Crippen LogP) is 1.08. The molecule has 6 heteroatoms. The van der Waals surface area contributed by atoms with E-state index in [2.05, 4.69) is 20.8 Å². The first-order chi connectivity index (χ1) is 8.70. The lowest BCUT2D eigenvalue weighted by molar-refractivity contribution is -0.120. The van der Waals surface area contributed by atoms with Gasteiger partial charge in [0.15, 0.2) is 0 Å². The molecule has 5 N–H and O–H groups in total. The molecule has 1 aromatic heterocycles. The van der Waals surface area contributed by atoms with Crippen LogP contribution < -0.4 is 16.4 Å². The molecule has 0 aliphatic carbocycles. The third kappa shape index (κ3) is 2.71. The number of H-pyrrole nitrogens is 1. The maximum Gasteiger partial charge on any atom is 0.221 e. The first kappa shape index (κ1) is 12.2. The molecule has 0 spiro atoms. The minimum absolute atomic E-state index is 0.0335. The molecule has 6 nitrogen and oxygen atoms in total. The van der Waals surface area contributed by atoms with Gasteiger partial charge >= 0.3 is 0 Å². The van der Waals surface area contributed by atoms with Gasteiger partial charge in [0, 0.05) is 24.9 Å². The smallest absolute Gasteiger partial charge is 0.221 e. The number of carbonyl (C=O) groups is 1. The summed E-state index contributed by atoms with van der Waals surface area (Å²) in [6.07, 6.45) is 2.15. The van der Waals surface area contributed by atoms with Crippen molar-refractivity contribution in [1.82, 2.24) is 15.5 Å². The van der Waals surface area contributed by atoms with Gasteiger partial charge in [0.2, 0.25) is 5.91 Å². The lowest BCUT2D eigenvalue weighted by Crippen LogP contribution is -2.24. The Labute approximate surface area is 105 Å². The van der Waals surface area contributed by atoms with Gasteiger partial charge < -0.3 is 16.4 Å². The molecule has 0 saturated heterocycles. The number of carbonyl (C=O) groups excluding carboxylic acids is 1. The molecule has 1 heterocycles. The number of benzene rings is 1. The highest BCUT2D eigenvalue weighted by Gasteiger charge is 2.04. The fourth-order valence-corrected chi connectivity index (χ4v) is 1.76. The number of aromatic amines is 1. The molecule has 1 amide bonds. The van der Waals surface area contributed by atoms with Gasteiger partial charge in [-0.05, 0) is 19.1 Å². The van der Waals surface area contributed by atoms with Crippen LogP contribution in [-0.2, 0) is 4.79 Å². The highest BCUT2D eigenvalue weighted by Crippen LogP contribution is 2.24. The van der Waals surface area contributed by atoms with Crippen molar-refractivity contribution >= 4 is 28.2 Å². The van der Waals surface area contributed by atoms with Crippen LogP contribution in [0.5, 0.6) is 0 Å². The molecule has 96 valence electrons. The number of nitrogens with two attached hydrogens (primary N) is 1. The number of fused-ring (bicyclic) bond motifs is 1. The van der Waals surface area contributed by atoms with Crippen molar-refractivity contribution < 1.29 is 4.79 Å². The van der Waals surface area contributed by atoms with E-state index in [4.69, 9.17) is 5.73 Å². The van der Waals surface area contributed by atoms with Gasteiger partial charge in [-0.1, -0.05) is 0 Å². The van der Waals surface area contributed by atoms with Crippen molar-refractivity contribution in [3.05, 3.63) is 18.3 Å². The number of nitrogens with zero attached hydrogens (tertiary/aromatic N) is 1. The van der Waals surface area contributed by atoms with Crippen molar-refractivity contribution in [3.8, 4) is 0 Å². The molecule has 1 aromatic carbocycles. The average molecular weight is 247 g/mol. The molecule has 0 aliphatic rings. The summed E-state index contributed by atoms with van der Waals surface area (Å²) >= 11 is 0. The standard InChI is InChI=1S/C12H17N5O/c1-2-14-12(18)3-4-15-11-6-10-8(5-9(11)13)7-16-17-10/h5-7,15H,2-4,13H2,1H3,(H,14,18)(H,16,17). The zero-order valence-electron chi connectivity index (χ0n) is 10.3. The second-order valence-corrected chi connectivity index (χ2v) is 4.03. The number of anilines is 2. The average Bonchev–Trinajstić information content (AvgIpc) is 2.76. The fourth-order valence-electron chi connectivity index (χ4n) is 1.76. The molecule has 2 rings (SSSR count). The summed E-state index contributed by atoms with van der Waals surface area (Å²) in [6.45, 7) is 3.10. The number of amides is 1. The Morgan fingerprint density at radius 3 is 3.11 bits per heavy atom. The van der Waals surface area contributed by atoms with Crippen LogP contribution in [-0.4, -0.2) is 29.2 Å². The van der Waals surface area contributed by atoms with E-state index in [0.29, 0.717) is 25.2 Å². The largest absolute Gasteiger partial charge is 0.397 e. The molecule has 2 aromatic rings. The first-order valence-electron chi connectivity index (χ1n) is 5.94. The second-order valence-electron chi connectivity index (χ2n) is 4.03. The number of rotatable bonds is 5. The molecular formula is C12H17N5O. The van der Waals surface area contributed by atoms with Crippen LogP contribution >= 0.6 is 0 Å². The lowest BCUT2D eigenvalue weighted by Gasteiger charge is -2.09. The Bertz CT molecular complexity index is 548. The zero-order valence-corrected chi connectivity index (χ0v) is 10.3. The zero-order chi connectivity index (χ0) is 13.0. The molecular weight excluding hydrogens is 230 g/mol. The van der Waals surface area contributed by atoms with Crippen molar-refractivity contribution in [1.29, 1.82) is 0 Å². The second kappa shape index (κ2) is 5.39. The quantitative estimate of drug-likeness (QED) is 0.594. The monoisotopic (exact) mass is 247 g/mol. The van der Waals surface area contributed by atoms with Crippen LogP contribution in [0.1, 0.15) is 13.3 Å². The van der Waals surface area contributed by atoms with Crippen LogP contribution in [0.4, 0.5) is 11.4 Å². The maximum absolute atomic E-state index is 11.3. The summed E-state index contributed by atoms with van der Waals surface area (Å²) in [6, 6.07) is 3.75. The van der Waals surface area contributed by atoms with E-state index in [1.807, 2.05) is 19.1 Å². The number of hydrogen-bond donors (Lipinski definition) is 4. The van der Waals surface area contributed by atoms with Crippen molar-refractivity contribution in [2.45, 2.75) is 13.3 Å². The van der Waals surface area contributed by atoms with Gasteiger partial charge in [-0.3, -0.25) is 9.89 Å². The van der Waals surface area contributed by atoms with E-state index in [0.717, 1.165) is 16.6 Å². The SMILES string of the molecule is CCNC(=O)CCNc1cc2[nH]ncc2cc1N. The summed E-state index contributed by atoms with van der Waals surface area (Å²) in [5, 5.41) is 13.7. The van der Waals surface area contributed by atoms with Crippen LogP contribution in [0.2, 0.25) is 0 Å². The van der Waals surface area contributed by atoms with Gasteiger partial charge in [0.05, 0.1) is 23.1 Å². The molecule has 0 saturated carbocycles. The van der Waals surface area contributed by atoms with Gasteiger partial charge in [-0.15, -0.1) is 0 Å². The third-order valence-corrected chi connectivity index (χ3v) is 2.65. The van der Waals surface area contributed by atoms with Gasteiger partial charge in [-0.25, -0.2) is 0 Å². The van der Waals surface area contributed by atoms with Crippen LogP contribution in [0.3, 0.4) is 0 Å². The molecule has 0 bridgehead atoms. The highest BCUT2D eigenvalue weighted by atomic mass is 16.1. The Balaban J connectivity index is 1.98. The third-order valence-electron chi connectivity index (χ3n) is 2.65. The van der Waals surface area contributed by atoms with Crippen molar-refractivity contribution in [2.24, 2.45) is 0 Å². The molecule has 0 fully saturated rings. The summed E-state index contributed by atoms with van der Waals surface area (Å²) in [4.78, 5) is 11.3. The minimum Gasteiger partial charge on any atom is -0.397 e. The highest BCUT2D eigenvalue weighted by molar-refractivity contribution is 5.88. The van der Waals surface area contributed by atoms with Crippen LogP contribution in [0.15, 0.2) is 18.3 Å². The van der Waals surface area contributed by atoms with Crippen LogP contribution in [0, 0.1) is 0 Å². The van der Waals surface area contributed by atoms with Crippen LogP contribution in [0.25, 0.3) is 10.9 Å². The van der Waals surface area contributed by atoms with E-state index < -0.39 is 0 Å². The van der Waals surface area contributed by atoms with Gasteiger partial charge in [0.1, 0.15) is 0 Å².